The molecule has 4 rings (SSSR count). The smallest absolute Gasteiger partial charge is 0.262 e. The largest absolute Gasteiger partial charge is 0.353 e. The van der Waals surface area contributed by atoms with Gasteiger partial charge in [0.2, 0.25) is 5.91 Å². The molecule has 0 unspecified atom stereocenters. The average molecular weight is 376 g/mol. The van der Waals surface area contributed by atoms with Gasteiger partial charge >= 0.3 is 0 Å². The molecule has 0 atom stereocenters. The number of fused-ring (bicyclic) bond motifs is 2. The van der Waals surface area contributed by atoms with Crippen LogP contribution in [0.3, 0.4) is 0 Å². The van der Waals surface area contributed by atoms with Gasteiger partial charge in [-0.05, 0) is 38.1 Å². The van der Waals surface area contributed by atoms with E-state index in [9.17, 15) is 14.4 Å². The van der Waals surface area contributed by atoms with Gasteiger partial charge in [-0.2, -0.15) is 0 Å². The minimum atomic E-state index is -0.424. The Balaban J connectivity index is 1.38. The van der Waals surface area contributed by atoms with Crippen LogP contribution in [0.15, 0.2) is 42.5 Å². The lowest BCUT2D eigenvalue weighted by Gasteiger charge is -2.14. The molecule has 0 spiro atoms. The second-order valence-electron chi connectivity index (χ2n) is 6.89. The summed E-state index contributed by atoms with van der Waals surface area (Å²) in [7, 11) is 0. The summed E-state index contributed by atoms with van der Waals surface area (Å²) in [5.74, 6) is -0.346. The topological polar surface area (TPSA) is 84.3 Å². The van der Waals surface area contributed by atoms with E-state index in [4.69, 9.17) is 0 Å². The van der Waals surface area contributed by atoms with Crippen LogP contribution in [-0.4, -0.2) is 45.3 Å². The maximum Gasteiger partial charge on any atom is 0.262 e. The maximum atomic E-state index is 12.5. The molecule has 2 heterocycles. The van der Waals surface area contributed by atoms with Crippen molar-refractivity contribution in [3.63, 3.8) is 0 Å². The van der Waals surface area contributed by atoms with Gasteiger partial charge in [0.05, 0.1) is 22.2 Å². The zero-order valence-corrected chi connectivity index (χ0v) is 15.7. The summed E-state index contributed by atoms with van der Waals surface area (Å²) in [5.41, 5.74) is 3.52. The SMILES string of the molecule is Cc1ccc2c(c1)C(=O)N(CC(=O)NCCn1c(C)nc3ccccc31)C2=O. The van der Waals surface area contributed by atoms with Crippen LogP contribution in [0.2, 0.25) is 0 Å². The van der Waals surface area contributed by atoms with Crippen LogP contribution in [0.25, 0.3) is 11.0 Å². The van der Waals surface area contributed by atoms with Crippen molar-refractivity contribution in [2.45, 2.75) is 20.4 Å². The fraction of sp³-hybridized carbons (Fsp3) is 0.238. The van der Waals surface area contributed by atoms with Gasteiger partial charge in [-0.1, -0.05) is 23.8 Å². The zero-order chi connectivity index (χ0) is 19.8. The van der Waals surface area contributed by atoms with Crippen LogP contribution < -0.4 is 5.32 Å². The molecule has 1 aliphatic rings. The first-order chi connectivity index (χ1) is 13.5. The number of para-hydroxylation sites is 2. The van der Waals surface area contributed by atoms with Crippen molar-refractivity contribution in [1.29, 1.82) is 0 Å². The predicted octanol–water partition coefficient (Wildman–Crippen LogP) is 2.07. The number of aryl methyl sites for hydroxylation is 2. The van der Waals surface area contributed by atoms with E-state index in [-0.39, 0.29) is 12.5 Å². The fourth-order valence-corrected chi connectivity index (χ4v) is 3.53. The Morgan fingerprint density at radius 3 is 2.61 bits per heavy atom. The van der Waals surface area contributed by atoms with Crippen LogP contribution in [0.1, 0.15) is 32.1 Å². The number of amides is 3. The highest BCUT2D eigenvalue weighted by Crippen LogP contribution is 2.23. The number of nitrogens with one attached hydrogen (secondary N) is 1. The third-order valence-electron chi connectivity index (χ3n) is 4.93. The minimum absolute atomic E-state index is 0.283. The molecule has 7 heteroatoms. The summed E-state index contributed by atoms with van der Waals surface area (Å²) >= 11 is 0. The molecule has 142 valence electrons. The first kappa shape index (κ1) is 17.9. The number of carbonyl (C=O) groups is 3. The van der Waals surface area contributed by atoms with Gasteiger partial charge in [-0.3, -0.25) is 19.3 Å². The Morgan fingerprint density at radius 1 is 1.04 bits per heavy atom. The molecule has 3 amide bonds. The molecular weight excluding hydrogens is 356 g/mol. The van der Waals surface area contributed by atoms with Crippen molar-refractivity contribution in [1.82, 2.24) is 19.8 Å². The standard InChI is InChI=1S/C21H20N4O3/c1-13-7-8-15-16(11-13)21(28)25(20(15)27)12-19(26)22-9-10-24-14(2)23-17-5-3-4-6-18(17)24/h3-8,11H,9-10,12H2,1-2H3,(H,22,26). The molecule has 0 bridgehead atoms. The Morgan fingerprint density at radius 2 is 1.79 bits per heavy atom. The van der Waals surface area contributed by atoms with Crippen molar-refractivity contribution >= 4 is 28.8 Å². The van der Waals surface area contributed by atoms with Gasteiger partial charge < -0.3 is 9.88 Å². The van der Waals surface area contributed by atoms with Crippen molar-refractivity contribution in [3.8, 4) is 0 Å². The third kappa shape index (κ3) is 3.05. The normalized spacial score (nSPS) is 13.3. The molecule has 0 saturated heterocycles. The quantitative estimate of drug-likeness (QED) is 0.691. The van der Waals surface area contributed by atoms with E-state index in [1.165, 1.54) is 0 Å². The molecule has 1 N–H and O–H groups in total. The fourth-order valence-electron chi connectivity index (χ4n) is 3.53. The van der Waals surface area contributed by atoms with Crippen molar-refractivity contribution in [3.05, 3.63) is 65.0 Å². The second kappa shape index (κ2) is 6.92. The molecule has 0 saturated carbocycles. The van der Waals surface area contributed by atoms with E-state index in [0.717, 1.165) is 27.3 Å². The summed E-state index contributed by atoms with van der Waals surface area (Å²) in [4.78, 5) is 42.7. The van der Waals surface area contributed by atoms with Gasteiger partial charge in [0.25, 0.3) is 11.8 Å². The summed E-state index contributed by atoms with van der Waals surface area (Å²) in [5, 5.41) is 2.79. The van der Waals surface area contributed by atoms with E-state index in [1.807, 2.05) is 42.7 Å². The van der Waals surface area contributed by atoms with Gasteiger partial charge in [-0.25, -0.2) is 4.98 Å². The number of hydrogen-bond acceptors (Lipinski definition) is 4. The van der Waals surface area contributed by atoms with Gasteiger partial charge in [0.1, 0.15) is 12.4 Å². The third-order valence-corrected chi connectivity index (χ3v) is 4.93. The van der Waals surface area contributed by atoms with Crippen LogP contribution in [-0.2, 0) is 11.3 Å². The van der Waals surface area contributed by atoms with Crippen LogP contribution in [0, 0.1) is 13.8 Å². The molecule has 0 aliphatic carbocycles. The average Bonchev–Trinajstić information content (AvgIpc) is 3.11. The number of rotatable bonds is 5. The Bertz CT molecular complexity index is 1120. The predicted molar refractivity (Wildman–Crippen MR) is 104 cm³/mol. The Kier molecular flexibility index (Phi) is 4.43. The number of carbonyl (C=O) groups excluding carboxylic acids is 3. The second-order valence-corrected chi connectivity index (χ2v) is 6.89. The van der Waals surface area contributed by atoms with E-state index in [0.29, 0.717) is 24.2 Å². The van der Waals surface area contributed by atoms with E-state index in [1.54, 1.807) is 18.2 Å². The van der Waals surface area contributed by atoms with Crippen molar-refractivity contribution in [2.75, 3.05) is 13.1 Å². The summed E-state index contributed by atoms with van der Waals surface area (Å²) in [6, 6.07) is 12.9. The number of imidazole rings is 1. The molecule has 1 aromatic heterocycles. The van der Waals surface area contributed by atoms with Gasteiger partial charge in [0, 0.05) is 13.1 Å². The first-order valence-corrected chi connectivity index (χ1v) is 9.11. The number of nitrogens with zero attached hydrogens (tertiary/aromatic N) is 3. The molecule has 3 aromatic rings. The molecule has 2 aromatic carbocycles. The number of aromatic nitrogens is 2. The first-order valence-electron chi connectivity index (χ1n) is 9.11. The van der Waals surface area contributed by atoms with Crippen LogP contribution in [0.4, 0.5) is 0 Å². The summed E-state index contributed by atoms with van der Waals surface area (Å²) < 4.78 is 2.03. The highest BCUT2D eigenvalue weighted by Gasteiger charge is 2.36. The molecule has 0 radical (unpaired) electrons. The van der Waals surface area contributed by atoms with Crippen molar-refractivity contribution < 1.29 is 14.4 Å². The molecule has 0 fully saturated rings. The molecular formula is C21H20N4O3. The van der Waals surface area contributed by atoms with Gasteiger partial charge in [-0.15, -0.1) is 0 Å². The monoisotopic (exact) mass is 376 g/mol. The number of benzene rings is 2. The zero-order valence-electron chi connectivity index (χ0n) is 15.7. The minimum Gasteiger partial charge on any atom is -0.353 e. The van der Waals surface area contributed by atoms with E-state index in [2.05, 4.69) is 10.3 Å². The van der Waals surface area contributed by atoms with E-state index >= 15 is 0 Å². The van der Waals surface area contributed by atoms with Crippen molar-refractivity contribution in [2.24, 2.45) is 0 Å². The summed E-state index contributed by atoms with van der Waals surface area (Å²) in [6.45, 7) is 4.43. The molecule has 7 nitrogen and oxygen atoms in total. The van der Waals surface area contributed by atoms with Crippen LogP contribution >= 0.6 is 0 Å². The number of hydrogen-bond donors (Lipinski definition) is 1. The lowest BCUT2D eigenvalue weighted by Crippen LogP contribution is -2.41. The maximum absolute atomic E-state index is 12.5. The van der Waals surface area contributed by atoms with Crippen LogP contribution in [0.5, 0.6) is 0 Å². The van der Waals surface area contributed by atoms with E-state index < -0.39 is 11.8 Å². The highest BCUT2D eigenvalue weighted by molar-refractivity contribution is 6.22. The Labute approximate surface area is 162 Å². The lowest BCUT2D eigenvalue weighted by atomic mass is 10.1. The molecule has 1 aliphatic heterocycles. The molecule has 28 heavy (non-hydrogen) atoms. The Hall–Kier alpha value is -3.48. The summed E-state index contributed by atoms with van der Waals surface area (Å²) in [6.07, 6.45) is 0. The lowest BCUT2D eigenvalue weighted by molar-refractivity contribution is -0.121. The number of imide groups is 1. The van der Waals surface area contributed by atoms with Gasteiger partial charge in [0.15, 0.2) is 0 Å². The highest BCUT2D eigenvalue weighted by atomic mass is 16.2.